The Morgan fingerprint density at radius 2 is 2.29 bits per heavy atom. The second-order valence-corrected chi connectivity index (χ2v) is 6.03. The summed E-state index contributed by atoms with van der Waals surface area (Å²) in [7, 11) is -3.13. The predicted molar refractivity (Wildman–Crippen MR) is 62.1 cm³/mol. The molecule has 1 aliphatic heterocycles. The van der Waals surface area contributed by atoms with Gasteiger partial charge in [0.15, 0.2) is 0 Å². The lowest BCUT2D eigenvalue weighted by atomic mass is 10.1. The Morgan fingerprint density at radius 3 is 2.94 bits per heavy atom. The van der Waals surface area contributed by atoms with E-state index in [1.807, 2.05) is 0 Å². The Morgan fingerprint density at radius 1 is 1.47 bits per heavy atom. The second kappa shape index (κ2) is 4.97. The summed E-state index contributed by atoms with van der Waals surface area (Å²) < 4.78 is 29.9. The summed E-state index contributed by atoms with van der Waals surface area (Å²) in [6.45, 7) is 0.953. The Labute approximate surface area is 101 Å². The molecule has 0 saturated carbocycles. The van der Waals surface area contributed by atoms with Crippen molar-refractivity contribution in [2.75, 3.05) is 19.3 Å². The number of hydrogen-bond acceptors (Lipinski definition) is 5. The molecule has 0 bridgehead atoms. The van der Waals surface area contributed by atoms with Gasteiger partial charge >= 0.3 is 0 Å². The van der Waals surface area contributed by atoms with E-state index in [0.717, 1.165) is 12.8 Å². The zero-order valence-corrected chi connectivity index (χ0v) is 10.4. The monoisotopic (exact) mass is 257 g/mol. The summed E-state index contributed by atoms with van der Waals surface area (Å²) in [5, 5.41) is 0. The average Bonchev–Trinajstić information content (AvgIpc) is 2.29. The molecule has 1 aliphatic rings. The van der Waals surface area contributed by atoms with Crippen LogP contribution in [0.1, 0.15) is 12.8 Å². The van der Waals surface area contributed by atoms with E-state index < -0.39 is 10.0 Å². The van der Waals surface area contributed by atoms with Crippen molar-refractivity contribution in [1.82, 2.24) is 14.3 Å². The quantitative estimate of drug-likeness (QED) is 0.777. The van der Waals surface area contributed by atoms with Gasteiger partial charge in [-0.15, -0.1) is 0 Å². The summed E-state index contributed by atoms with van der Waals surface area (Å²) >= 11 is 0. The van der Waals surface area contributed by atoms with Crippen molar-refractivity contribution < 1.29 is 13.2 Å². The van der Waals surface area contributed by atoms with E-state index in [9.17, 15) is 8.42 Å². The van der Waals surface area contributed by atoms with Gasteiger partial charge in [0.25, 0.3) is 0 Å². The smallest absolute Gasteiger partial charge is 0.232 e. The Balaban J connectivity index is 1.99. The van der Waals surface area contributed by atoms with Crippen molar-refractivity contribution in [2.24, 2.45) is 0 Å². The molecule has 1 aromatic rings. The van der Waals surface area contributed by atoms with Crippen LogP contribution in [0.2, 0.25) is 0 Å². The maximum absolute atomic E-state index is 11.4. The minimum absolute atomic E-state index is 0.143. The number of ether oxygens (including phenoxy) is 1. The van der Waals surface area contributed by atoms with Crippen LogP contribution >= 0.6 is 0 Å². The Kier molecular flexibility index (Phi) is 3.58. The number of hydrogen-bond donors (Lipinski definition) is 0. The number of nitrogens with zero attached hydrogens (tertiary/aromatic N) is 3. The first-order chi connectivity index (χ1) is 8.05. The van der Waals surface area contributed by atoms with Gasteiger partial charge in [0.1, 0.15) is 6.10 Å². The highest BCUT2D eigenvalue weighted by molar-refractivity contribution is 7.88. The van der Waals surface area contributed by atoms with Gasteiger partial charge in [0.2, 0.25) is 15.9 Å². The van der Waals surface area contributed by atoms with Gasteiger partial charge in [-0.2, -0.15) is 4.31 Å². The van der Waals surface area contributed by atoms with Crippen LogP contribution in [0.5, 0.6) is 5.88 Å². The zero-order chi connectivity index (χ0) is 12.3. The summed E-state index contributed by atoms with van der Waals surface area (Å²) in [5.74, 6) is 0.438. The third kappa shape index (κ3) is 3.37. The molecule has 0 radical (unpaired) electrons. The van der Waals surface area contributed by atoms with E-state index in [0.29, 0.717) is 19.0 Å². The SMILES string of the molecule is CS(=O)(=O)N1CCC[C@H](Oc2cnccn2)C1. The van der Waals surface area contributed by atoms with E-state index >= 15 is 0 Å². The fraction of sp³-hybridized carbons (Fsp3) is 0.600. The zero-order valence-electron chi connectivity index (χ0n) is 9.61. The molecule has 0 unspecified atom stereocenters. The molecule has 0 aliphatic carbocycles. The highest BCUT2D eigenvalue weighted by Crippen LogP contribution is 2.17. The second-order valence-electron chi connectivity index (χ2n) is 4.05. The van der Waals surface area contributed by atoms with Gasteiger partial charge in [0, 0.05) is 18.9 Å². The predicted octanol–water partition coefficient (Wildman–Crippen LogP) is 0.279. The van der Waals surface area contributed by atoms with E-state index in [1.54, 1.807) is 12.4 Å². The molecule has 94 valence electrons. The van der Waals surface area contributed by atoms with E-state index in [1.165, 1.54) is 16.8 Å². The fourth-order valence-electron chi connectivity index (χ4n) is 1.82. The van der Waals surface area contributed by atoms with Gasteiger partial charge in [0.05, 0.1) is 19.0 Å². The number of piperidine rings is 1. The summed E-state index contributed by atoms with van der Waals surface area (Å²) in [6, 6.07) is 0. The van der Waals surface area contributed by atoms with Crippen molar-refractivity contribution in [3.05, 3.63) is 18.6 Å². The summed E-state index contributed by atoms with van der Waals surface area (Å²) in [4.78, 5) is 7.91. The maximum Gasteiger partial charge on any atom is 0.232 e. The number of sulfonamides is 1. The fourth-order valence-corrected chi connectivity index (χ4v) is 2.72. The molecule has 0 aromatic carbocycles. The first kappa shape index (κ1) is 12.3. The van der Waals surface area contributed by atoms with Crippen LogP contribution in [-0.2, 0) is 10.0 Å². The first-order valence-electron chi connectivity index (χ1n) is 5.43. The van der Waals surface area contributed by atoms with Crippen LogP contribution in [0.3, 0.4) is 0 Å². The number of rotatable bonds is 3. The summed E-state index contributed by atoms with van der Waals surface area (Å²) in [6.07, 6.45) is 7.36. The van der Waals surface area contributed by atoms with Crippen LogP contribution in [0.25, 0.3) is 0 Å². The van der Waals surface area contributed by atoms with Crippen molar-refractivity contribution in [3.8, 4) is 5.88 Å². The van der Waals surface area contributed by atoms with Gasteiger partial charge in [-0.3, -0.25) is 4.98 Å². The molecule has 2 heterocycles. The average molecular weight is 257 g/mol. The van der Waals surface area contributed by atoms with Gasteiger partial charge in [-0.25, -0.2) is 13.4 Å². The molecular formula is C10H15N3O3S. The molecule has 1 saturated heterocycles. The maximum atomic E-state index is 11.4. The van der Waals surface area contributed by atoms with Crippen LogP contribution in [0, 0.1) is 0 Å². The van der Waals surface area contributed by atoms with Crippen LogP contribution in [0.15, 0.2) is 18.6 Å². The molecular weight excluding hydrogens is 242 g/mol. The molecule has 7 heteroatoms. The largest absolute Gasteiger partial charge is 0.472 e. The topological polar surface area (TPSA) is 72.4 Å². The summed E-state index contributed by atoms with van der Waals surface area (Å²) in [5.41, 5.74) is 0. The van der Waals surface area contributed by atoms with E-state index in [-0.39, 0.29) is 6.10 Å². The van der Waals surface area contributed by atoms with Crippen molar-refractivity contribution >= 4 is 10.0 Å². The lowest BCUT2D eigenvalue weighted by Gasteiger charge is -2.30. The molecule has 0 amide bonds. The molecule has 1 atom stereocenters. The van der Waals surface area contributed by atoms with Crippen molar-refractivity contribution in [1.29, 1.82) is 0 Å². The van der Waals surface area contributed by atoms with Crippen LogP contribution < -0.4 is 4.74 Å². The van der Waals surface area contributed by atoms with Crippen molar-refractivity contribution in [3.63, 3.8) is 0 Å². The van der Waals surface area contributed by atoms with Crippen molar-refractivity contribution in [2.45, 2.75) is 18.9 Å². The molecule has 1 aromatic heterocycles. The lowest BCUT2D eigenvalue weighted by Crippen LogP contribution is -2.43. The molecule has 0 N–H and O–H groups in total. The molecule has 2 rings (SSSR count). The third-order valence-corrected chi connectivity index (χ3v) is 3.91. The molecule has 6 nitrogen and oxygen atoms in total. The number of aromatic nitrogens is 2. The van der Waals surface area contributed by atoms with E-state index in [4.69, 9.17) is 4.74 Å². The molecule has 0 spiro atoms. The first-order valence-corrected chi connectivity index (χ1v) is 7.28. The standard InChI is InChI=1S/C10H15N3O3S/c1-17(14,15)13-6-2-3-9(8-13)16-10-7-11-4-5-12-10/h4-5,7,9H,2-3,6,8H2,1H3/t9-/m0/s1. The van der Waals surface area contributed by atoms with Crippen LogP contribution in [0.4, 0.5) is 0 Å². The Hall–Kier alpha value is -1.21. The van der Waals surface area contributed by atoms with Crippen LogP contribution in [-0.4, -0.2) is 48.1 Å². The Bertz CT molecular complexity index is 463. The highest BCUT2D eigenvalue weighted by Gasteiger charge is 2.27. The normalized spacial score (nSPS) is 22.3. The molecule has 17 heavy (non-hydrogen) atoms. The molecule has 1 fully saturated rings. The lowest BCUT2D eigenvalue weighted by molar-refractivity contribution is 0.124. The van der Waals surface area contributed by atoms with Gasteiger partial charge in [-0.05, 0) is 12.8 Å². The minimum atomic E-state index is -3.13. The highest BCUT2D eigenvalue weighted by atomic mass is 32.2. The minimum Gasteiger partial charge on any atom is -0.472 e. The third-order valence-electron chi connectivity index (χ3n) is 2.64. The van der Waals surface area contributed by atoms with E-state index in [2.05, 4.69) is 9.97 Å². The van der Waals surface area contributed by atoms with Gasteiger partial charge in [-0.1, -0.05) is 0 Å². The van der Waals surface area contributed by atoms with Gasteiger partial charge < -0.3 is 4.74 Å².